The molecule has 1 aromatic carbocycles. The quantitative estimate of drug-likeness (QED) is 0.804. The number of ketones is 1. The Balaban J connectivity index is 2.01. The number of Topliss-reactive ketones (excluding diaryl/α,β-unsaturated/α-hetero) is 1. The predicted octanol–water partition coefficient (Wildman–Crippen LogP) is 3.84. The van der Waals surface area contributed by atoms with Gasteiger partial charge in [0.05, 0.1) is 15.5 Å². The minimum Gasteiger partial charge on any atom is -0.485 e. The van der Waals surface area contributed by atoms with Crippen molar-refractivity contribution in [2.24, 2.45) is 0 Å². The molecule has 0 saturated carbocycles. The first kappa shape index (κ1) is 13.6. The van der Waals surface area contributed by atoms with Gasteiger partial charge in [-0.3, -0.25) is 4.79 Å². The van der Waals surface area contributed by atoms with Gasteiger partial charge < -0.3 is 4.74 Å². The summed E-state index contributed by atoms with van der Waals surface area (Å²) in [5, 5.41) is 9.07. The molecule has 5 heteroatoms. The van der Waals surface area contributed by atoms with E-state index in [4.69, 9.17) is 21.6 Å². The molecule has 0 spiro atoms. The summed E-state index contributed by atoms with van der Waals surface area (Å²) >= 11 is 7.32. The molecule has 0 aliphatic carbocycles. The molecule has 1 aromatic heterocycles. The van der Waals surface area contributed by atoms with E-state index in [1.807, 2.05) is 19.1 Å². The standard InChI is InChI=1S/C14H10ClNO2S/c1-9-2-5-14(19-9)13(17)8-18-11-4-3-10(7-16)12(15)6-11/h2-6H,8H2,1H3. The van der Waals surface area contributed by atoms with E-state index in [-0.39, 0.29) is 12.4 Å². The lowest BCUT2D eigenvalue weighted by molar-refractivity contribution is 0.0925. The fraction of sp³-hybridized carbons (Fsp3) is 0.143. The van der Waals surface area contributed by atoms with E-state index < -0.39 is 0 Å². The van der Waals surface area contributed by atoms with Crippen LogP contribution in [0.3, 0.4) is 0 Å². The third-order valence-corrected chi connectivity index (χ3v) is 3.80. The van der Waals surface area contributed by atoms with E-state index in [1.54, 1.807) is 18.2 Å². The lowest BCUT2D eigenvalue weighted by Gasteiger charge is -2.05. The Morgan fingerprint density at radius 3 is 2.79 bits per heavy atom. The number of ether oxygens (including phenoxy) is 1. The summed E-state index contributed by atoms with van der Waals surface area (Å²) < 4.78 is 5.38. The van der Waals surface area contributed by atoms with Crippen molar-refractivity contribution >= 4 is 28.7 Å². The van der Waals surface area contributed by atoms with Crippen LogP contribution in [0.5, 0.6) is 5.75 Å². The lowest BCUT2D eigenvalue weighted by Crippen LogP contribution is -2.10. The van der Waals surface area contributed by atoms with E-state index in [9.17, 15) is 4.79 Å². The molecule has 19 heavy (non-hydrogen) atoms. The predicted molar refractivity (Wildman–Crippen MR) is 75.0 cm³/mol. The molecular weight excluding hydrogens is 282 g/mol. The highest BCUT2D eigenvalue weighted by atomic mass is 35.5. The topological polar surface area (TPSA) is 50.1 Å². The van der Waals surface area contributed by atoms with Crippen LogP contribution in [-0.2, 0) is 0 Å². The van der Waals surface area contributed by atoms with Crippen LogP contribution in [0.1, 0.15) is 20.1 Å². The van der Waals surface area contributed by atoms with E-state index in [2.05, 4.69) is 0 Å². The Bertz CT molecular complexity index is 658. The van der Waals surface area contributed by atoms with Gasteiger partial charge in [0.1, 0.15) is 11.8 Å². The molecular formula is C14H10ClNO2S. The van der Waals surface area contributed by atoms with Crippen LogP contribution in [-0.4, -0.2) is 12.4 Å². The highest BCUT2D eigenvalue weighted by molar-refractivity contribution is 7.14. The van der Waals surface area contributed by atoms with Crippen molar-refractivity contribution < 1.29 is 9.53 Å². The SMILES string of the molecule is Cc1ccc(C(=O)COc2ccc(C#N)c(Cl)c2)s1. The van der Waals surface area contributed by atoms with Gasteiger partial charge in [-0.2, -0.15) is 5.26 Å². The van der Waals surface area contributed by atoms with Crippen molar-refractivity contribution in [3.63, 3.8) is 0 Å². The van der Waals surface area contributed by atoms with Gasteiger partial charge in [-0.05, 0) is 31.2 Å². The van der Waals surface area contributed by atoms with E-state index in [1.165, 1.54) is 17.4 Å². The van der Waals surface area contributed by atoms with E-state index in [0.717, 1.165) is 4.88 Å². The maximum atomic E-state index is 11.8. The highest BCUT2D eigenvalue weighted by Gasteiger charge is 2.09. The molecule has 3 nitrogen and oxygen atoms in total. The number of hydrogen-bond donors (Lipinski definition) is 0. The number of rotatable bonds is 4. The maximum Gasteiger partial charge on any atom is 0.210 e. The zero-order chi connectivity index (χ0) is 13.8. The summed E-state index contributed by atoms with van der Waals surface area (Å²) in [6, 6.07) is 10.4. The molecule has 0 aliphatic rings. The third kappa shape index (κ3) is 3.34. The molecule has 1 heterocycles. The smallest absolute Gasteiger partial charge is 0.210 e. The molecule has 2 rings (SSSR count). The fourth-order valence-corrected chi connectivity index (χ4v) is 2.49. The average Bonchev–Trinajstić information content (AvgIpc) is 2.83. The van der Waals surface area contributed by atoms with Gasteiger partial charge in [0.25, 0.3) is 0 Å². The molecule has 0 unspecified atom stereocenters. The number of nitriles is 1. The summed E-state index contributed by atoms with van der Waals surface area (Å²) in [5.74, 6) is 0.407. The minimum atomic E-state index is -0.0708. The van der Waals surface area contributed by atoms with Crippen molar-refractivity contribution in [2.75, 3.05) is 6.61 Å². The summed E-state index contributed by atoms with van der Waals surface area (Å²) in [7, 11) is 0. The zero-order valence-electron chi connectivity index (χ0n) is 10.1. The van der Waals surface area contributed by atoms with Crippen LogP contribution in [0.2, 0.25) is 5.02 Å². The Hall–Kier alpha value is -1.83. The van der Waals surface area contributed by atoms with Crippen molar-refractivity contribution in [1.29, 1.82) is 5.26 Å². The average molecular weight is 292 g/mol. The summed E-state index contributed by atoms with van der Waals surface area (Å²) in [4.78, 5) is 13.6. The number of hydrogen-bond acceptors (Lipinski definition) is 4. The zero-order valence-corrected chi connectivity index (χ0v) is 11.7. The van der Waals surface area contributed by atoms with Crippen molar-refractivity contribution in [1.82, 2.24) is 0 Å². The highest BCUT2D eigenvalue weighted by Crippen LogP contribution is 2.22. The molecule has 96 valence electrons. The van der Waals surface area contributed by atoms with Gasteiger partial charge in [-0.15, -0.1) is 11.3 Å². The second-order valence-electron chi connectivity index (χ2n) is 3.88. The van der Waals surface area contributed by atoms with Gasteiger partial charge in [-0.25, -0.2) is 0 Å². The summed E-state index contributed by atoms with van der Waals surface area (Å²) in [5.41, 5.74) is 0.384. The van der Waals surface area contributed by atoms with Gasteiger partial charge in [-0.1, -0.05) is 11.6 Å². The largest absolute Gasteiger partial charge is 0.485 e. The van der Waals surface area contributed by atoms with E-state index in [0.29, 0.717) is 21.2 Å². The normalized spacial score (nSPS) is 9.95. The number of benzene rings is 1. The van der Waals surface area contributed by atoms with Crippen LogP contribution in [0.15, 0.2) is 30.3 Å². The molecule has 0 bridgehead atoms. The Labute approximate surface area is 120 Å². The summed E-state index contributed by atoms with van der Waals surface area (Å²) in [6.07, 6.45) is 0. The lowest BCUT2D eigenvalue weighted by atomic mass is 10.2. The monoisotopic (exact) mass is 291 g/mol. The Morgan fingerprint density at radius 2 is 2.21 bits per heavy atom. The van der Waals surface area contributed by atoms with Crippen LogP contribution in [0.4, 0.5) is 0 Å². The van der Waals surface area contributed by atoms with Crippen molar-refractivity contribution in [3.05, 3.63) is 50.7 Å². The first-order chi connectivity index (χ1) is 9.10. The first-order valence-electron chi connectivity index (χ1n) is 5.52. The van der Waals surface area contributed by atoms with Crippen molar-refractivity contribution in [2.45, 2.75) is 6.92 Å². The molecule has 0 amide bonds. The van der Waals surface area contributed by atoms with E-state index >= 15 is 0 Å². The van der Waals surface area contributed by atoms with Crippen LogP contribution in [0, 0.1) is 18.3 Å². The number of halogens is 1. The Morgan fingerprint density at radius 1 is 1.42 bits per heavy atom. The first-order valence-corrected chi connectivity index (χ1v) is 6.71. The summed E-state index contributed by atoms with van der Waals surface area (Å²) in [6.45, 7) is 1.91. The fourth-order valence-electron chi connectivity index (χ4n) is 1.48. The molecule has 0 saturated heterocycles. The molecule has 0 radical (unpaired) electrons. The molecule has 0 N–H and O–H groups in total. The van der Waals surface area contributed by atoms with Crippen LogP contribution < -0.4 is 4.74 Å². The van der Waals surface area contributed by atoms with Gasteiger partial charge in [0, 0.05) is 10.9 Å². The number of thiophene rings is 1. The molecule has 0 aliphatic heterocycles. The van der Waals surface area contributed by atoms with Gasteiger partial charge >= 0.3 is 0 Å². The number of carbonyl (C=O) groups excluding carboxylic acids is 1. The van der Waals surface area contributed by atoms with Crippen LogP contribution >= 0.6 is 22.9 Å². The second kappa shape index (κ2) is 5.87. The minimum absolute atomic E-state index is 0.0395. The number of nitrogens with zero attached hydrogens (tertiary/aromatic N) is 1. The molecule has 0 fully saturated rings. The number of carbonyl (C=O) groups is 1. The van der Waals surface area contributed by atoms with Gasteiger partial charge in [0.15, 0.2) is 6.61 Å². The molecule has 2 aromatic rings. The van der Waals surface area contributed by atoms with Crippen molar-refractivity contribution in [3.8, 4) is 11.8 Å². The maximum absolute atomic E-state index is 11.8. The molecule has 0 atom stereocenters. The van der Waals surface area contributed by atoms with Gasteiger partial charge in [0.2, 0.25) is 5.78 Å². The Kier molecular flexibility index (Phi) is 4.20. The van der Waals surface area contributed by atoms with Crippen LogP contribution in [0.25, 0.3) is 0 Å². The number of aryl methyl sites for hydroxylation is 1. The second-order valence-corrected chi connectivity index (χ2v) is 5.57. The third-order valence-electron chi connectivity index (χ3n) is 2.45.